The summed E-state index contributed by atoms with van der Waals surface area (Å²) < 4.78 is 5.16. The number of rotatable bonds is 4. The first-order chi connectivity index (χ1) is 5.38. The van der Waals surface area contributed by atoms with E-state index >= 15 is 0 Å². The molecule has 1 aliphatic heterocycles. The van der Waals surface area contributed by atoms with Gasteiger partial charge in [-0.25, -0.2) is 0 Å². The number of likely N-dealkylation sites (tertiary alicyclic amines) is 1. The maximum absolute atomic E-state index is 5.16. The zero-order valence-electron chi connectivity index (χ0n) is 7.68. The Hall–Kier alpha value is -0.0800. The van der Waals surface area contributed by atoms with Crippen molar-refractivity contribution >= 4 is 0 Å². The normalized spacial score (nSPS) is 26.2. The van der Waals surface area contributed by atoms with Crippen molar-refractivity contribution in [1.82, 2.24) is 4.90 Å². The summed E-state index contributed by atoms with van der Waals surface area (Å²) in [5.74, 6) is 0. The van der Waals surface area contributed by atoms with Gasteiger partial charge >= 0.3 is 0 Å². The highest BCUT2D eigenvalue weighted by Gasteiger charge is 2.22. The molecule has 2 heteroatoms. The Morgan fingerprint density at radius 2 is 2.36 bits per heavy atom. The molecule has 0 unspecified atom stereocenters. The number of nitrogens with zero attached hydrogens (tertiary/aromatic N) is 1. The molecule has 1 saturated heterocycles. The van der Waals surface area contributed by atoms with E-state index < -0.39 is 0 Å². The zero-order valence-corrected chi connectivity index (χ0v) is 7.68. The van der Waals surface area contributed by atoms with Crippen LogP contribution in [-0.2, 0) is 4.74 Å². The molecule has 0 bridgehead atoms. The fourth-order valence-corrected chi connectivity index (χ4v) is 1.86. The van der Waals surface area contributed by atoms with Crippen molar-refractivity contribution in [2.45, 2.75) is 32.2 Å². The van der Waals surface area contributed by atoms with Crippen molar-refractivity contribution in [2.75, 3.05) is 26.8 Å². The van der Waals surface area contributed by atoms with Crippen LogP contribution in [0.2, 0.25) is 0 Å². The van der Waals surface area contributed by atoms with E-state index in [1.807, 2.05) is 0 Å². The standard InChI is InChI=1S/C9H19NO/c1-3-6-10-7-4-5-9(10)8-11-2/h9H,3-8H2,1-2H3/t9-/m0/s1. The Morgan fingerprint density at radius 1 is 1.55 bits per heavy atom. The topological polar surface area (TPSA) is 12.5 Å². The molecule has 66 valence electrons. The second-order valence-electron chi connectivity index (χ2n) is 3.29. The van der Waals surface area contributed by atoms with Gasteiger partial charge in [0.05, 0.1) is 6.61 Å². The molecule has 1 rings (SSSR count). The van der Waals surface area contributed by atoms with Gasteiger partial charge in [0.1, 0.15) is 0 Å². The van der Waals surface area contributed by atoms with E-state index in [9.17, 15) is 0 Å². The minimum Gasteiger partial charge on any atom is -0.383 e. The Kier molecular flexibility index (Phi) is 3.87. The van der Waals surface area contributed by atoms with Crippen molar-refractivity contribution < 1.29 is 4.74 Å². The molecule has 0 aromatic heterocycles. The second-order valence-corrected chi connectivity index (χ2v) is 3.29. The van der Waals surface area contributed by atoms with Gasteiger partial charge in [-0.15, -0.1) is 0 Å². The van der Waals surface area contributed by atoms with Crippen LogP contribution in [0.1, 0.15) is 26.2 Å². The predicted molar refractivity (Wildman–Crippen MR) is 46.8 cm³/mol. The molecule has 1 atom stereocenters. The van der Waals surface area contributed by atoms with E-state index in [-0.39, 0.29) is 0 Å². The summed E-state index contributed by atoms with van der Waals surface area (Å²) in [6.45, 7) is 5.68. The summed E-state index contributed by atoms with van der Waals surface area (Å²) >= 11 is 0. The highest BCUT2D eigenvalue weighted by Crippen LogP contribution is 2.16. The Morgan fingerprint density at radius 3 is 3.00 bits per heavy atom. The van der Waals surface area contributed by atoms with Crippen LogP contribution in [0.5, 0.6) is 0 Å². The van der Waals surface area contributed by atoms with Crippen molar-refractivity contribution in [3.8, 4) is 0 Å². The molecule has 0 saturated carbocycles. The molecule has 2 nitrogen and oxygen atoms in total. The number of hydrogen-bond donors (Lipinski definition) is 0. The molecule has 0 aliphatic carbocycles. The predicted octanol–water partition coefficient (Wildman–Crippen LogP) is 1.51. The molecular weight excluding hydrogens is 138 g/mol. The second kappa shape index (κ2) is 4.73. The molecule has 11 heavy (non-hydrogen) atoms. The molecule has 1 heterocycles. The van der Waals surface area contributed by atoms with Gasteiger partial charge in [-0.3, -0.25) is 4.90 Å². The van der Waals surface area contributed by atoms with Crippen molar-refractivity contribution in [1.29, 1.82) is 0 Å². The number of methoxy groups -OCH3 is 1. The Labute approximate surface area is 69.5 Å². The van der Waals surface area contributed by atoms with Gasteiger partial charge < -0.3 is 4.74 Å². The summed E-state index contributed by atoms with van der Waals surface area (Å²) in [7, 11) is 1.79. The van der Waals surface area contributed by atoms with Crippen LogP contribution in [0.3, 0.4) is 0 Å². The third-order valence-electron chi connectivity index (χ3n) is 2.37. The summed E-state index contributed by atoms with van der Waals surface area (Å²) in [5, 5.41) is 0. The lowest BCUT2D eigenvalue weighted by molar-refractivity contribution is 0.115. The first-order valence-corrected chi connectivity index (χ1v) is 4.61. The maximum atomic E-state index is 5.16. The fraction of sp³-hybridized carbons (Fsp3) is 1.00. The molecule has 0 amide bonds. The summed E-state index contributed by atoms with van der Waals surface area (Å²) in [6, 6.07) is 0.708. The van der Waals surface area contributed by atoms with Gasteiger partial charge in [0, 0.05) is 13.2 Å². The lowest BCUT2D eigenvalue weighted by atomic mass is 10.2. The molecule has 0 aromatic rings. The number of hydrogen-bond acceptors (Lipinski definition) is 2. The van der Waals surface area contributed by atoms with Gasteiger partial charge in [0.2, 0.25) is 0 Å². The van der Waals surface area contributed by atoms with E-state index in [2.05, 4.69) is 11.8 Å². The van der Waals surface area contributed by atoms with Crippen LogP contribution in [0.25, 0.3) is 0 Å². The van der Waals surface area contributed by atoms with Crippen LogP contribution in [0, 0.1) is 0 Å². The van der Waals surface area contributed by atoms with Crippen molar-refractivity contribution in [3.05, 3.63) is 0 Å². The molecule has 0 spiro atoms. The first kappa shape index (κ1) is 9.01. The van der Waals surface area contributed by atoms with E-state index in [0.29, 0.717) is 6.04 Å². The third-order valence-corrected chi connectivity index (χ3v) is 2.37. The maximum Gasteiger partial charge on any atom is 0.0618 e. The minimum absolute atomic E-state index is 0.708. The summed E-state index contributed by atoms with van der Waals surface area (Å²) in [5.41, 5.74) is 0. The first-order valence-electron chi connectivity index (χ1n) is 4.61. The fourth-order valence-electron chi connectivity index (χ4n) is 1.86. The monoisotopic (exact) mass is 157 g/mol. The molecular formula is C9H19NO. The van der Waals surface area contributed by atoms with E-state index in [1.165, 1.54) is 32.4 Å². The third kappa shape index (κ3) is 2.46. The van der Waals surface area contributed by atoms with Crippen molar-refractivity contribution in [2.24, 2.45) is 0 Å². The number of ether oxygens (including phenoxy) is 1. The van der Waals surface area contributed by atoms with Crippen LogP contribution < -0.4 is 0 Å². The average Bonchev–Trinajstić information content (AvgIpc) is 2.39. The zero-order chi connectivity index (χ0) is 8.10. The largest absolute Gasteiger partial charge is 0.383 e. The van der Waals surface area contributed by atoms with Crippen LogP contribution in [0.15, 0.2) is 0 Å². The van der Waals surface area contributed by atoms with E-state index in [1.54, 1.807) is 7.11 Å². The molecule has 0 aromatic carbocycles. The van der Waals surface area contributed by atoms with Crippen LogP contribution in [0.4, 0.5) is 0 Å². The lowest BCUT2D eigenvalue weighted by Crippen LogP contribution is -2.33. The highest BCUT2D eigenvalue weighted by atomic mass is 16.5. The molecule has 1 aliphatic rings. The highest BCUT2D eigenvalue weighted by molar-refractivity contribution is 4.77. The van der Waals surface area contributed by atoms with E-state index in [0.717, 1.165) is 6.61 Å². The van der Waals surface area contributed by atoms with Gasteiger partial charge in [-0.05, 0) is 32.4 Å². The van der Waals surface area contributed by atoms with Gasteiger partial charge in [0.25, 0.3) is 0 Å². The van der Waals surface area contributed by atoms with Gasteiger partial charge in [-0.1, -0.05) is 6.92 Å². The van der Waals surface area contributed by atoms with Crippen LogP contribution in [-0.4, -0.2) is 37.7 Å². The van der Waals surface area contributed by atoms with Crippen molar-refractivity contribution in [3.63, 3.8) is 0 Å². The average molecular weight is 157 g/mol. The van der Waals surface area contributed by atoms with E-state index in [4.69, 9.17) is 4.74 Å². The molecule has 1 fully saturated rings. The quantitative estimate of drug-likeness (QED) is 0.613. The summed E-state index contributed by atoms with van der Waals surface area (Å²) in [6.07, 6.45) is 3.95. The minimum atomic E-state index is 0.708. The van der Waals surface area contributed by atoms with Gasteiger partial charge in [0.15, 0.2) is 0 Å². The Balaban J connectivity index is 2.25. The smallest absolute Gasteiger partial charge is 0.0618 e. The Bertz CT molecular complexity index is 93.7. The van der Waals surface area contributed by atoms with Gasteiger partial charge in [-0.2, -0.15) is 0 Å². The summed E-state index contributed by atoms with van der Waals surface area (Å²) in [4.78, 5) is 2.55. The molecule has 0 N–H and O–H groups in total. The lowest BCUT2D eigenvalue weighted by Gasteiger charge is -2.22. The molecule has 0 radical (unpaired) electrons. The van der Waals surface area contributed by atoms with Crippen LogP contribution >= 0.6 is 0 Å². The SMILES string of the molecule is CCCN1CCC[C@H]1COC.